The van der Waals surface area contributed by atoms with Crippen LogP contribution in [0.5, 0.6) is 23.0 Å². The summed E-state index contributed by atoms with van der Waals surface area (Å²) in [7, 11) is 2.55. The van der Waals surface area contributed by atoms with Crippen molar-refractivity contribution in [1.82, 2.24) is 15.3 Å². The summed E-state index contributed by atoms with van der Waals surface area (Å²) in [4.78, 5) is 44.2. The summed E-state index contributed by atoms with van der Waals surface area (Å²) in [5.41, 5.74) is 8.67. The Hall–Kier alpha value is -7.73. The molecule has 6 aromatic rings. The zero-order valence-corrected chi connectivity index (χ0v) is 40.7. The van der Waals surface area contributed by atoms with Crippen molar-refractivity contribution in [2.24, 2.45) is 5.92 Å². The molecule has 0 fully saturated rings. The number of nitrogens with zero attached hydrogens (tertiary/aromatic N) is 4. The summed E-state index contributed by atoms with van der Waals surface area (Å²) in [5, 5.41) is 41.6. The Morgan fingerprint density at radius 3 is 1.61 bits per heavy atom. The quantitative estimate of drug-likeness (QED) is 0.0379. The summed E-state index contributed by atoms with van der Waals surface area (Å²) in [5.74, 6) is -3.32. The van der Waals surface area contributed by atoms with Crippen molar-refractivity contribution >= 4 is 41.1 Å². The number of hydrogen-bond donors (Lipinski definition) is 3. The number of carbonyl (C=O) groups excluding carboxylic acids is 1. The van der Waals surface area contributed by atoms with Gasteiger partial charge >= 0.3 is 17.9 Å². The molecule has 0 aliphatic rings. The largest absolute Gasteiger partial charge is 0.488 e. The molecule has 0 saturated carbocycles. The van der Waals surface area contributed by atoms with E-state index in [1.807, 2.05) is 50.2 Å². The van der Waals surface area contributed by atoms with Crippen LogP contribution < -0.4 is 24.3 Å². The molecule has 0 spiro atoms. The minimum absolute atomic E-state index is 0.0255. The fraction of sp³-hybridized carbons (Fsp3) is 0.264. The molecule has 0 unspecified atom stereocenters. The van der Waals surface area contributed by atoms with E-state index in [-0.39, 0.29) is 62.5 Å². The van der Waals surface area contributed by atoms with Gasteiger partial charge in [-0.15, -0.1) is 0 Å². The number of methoxy groups -OCH3 is 2. The number of rotatable bonds is 24. The molecule has 6 rings (SSSR count). The molecule has 71 heavy (non-hydrogen) atoms. The van der Waals surface area contributed by atoms with Gasteiger partial charge in [0, 0.05) is 67.3 Å². The second-order valence-electron chi connectivity index (χ2n) is 16.2. The van der Waals surface area contributed by atoms with Gasteiger partial charge < -0.3 is 38.6 Å². The number of aromatic nitrogens is 2. The van der Waals surface area contributed by atoms with Gasteiger partial charge in [-0.3, -0.25) is 29.7 Å². The van der Waals surface area contributed by atoms with Gasteiger partial charge in [0.05, 0.1) is 34.9 Å². The molecule has 0 amide bonds. The van der Waals surface area contributed by atoms with Crippen LogP contribution in [-0.2, 0) is 63.3 Å². The lowest BCUT2D eigenvalue weighted by molar-refractivity contribution is -0.157. The van der Waals surface area contributed by atoms with Crippen LogP contribution in [0.25, 0.3) is 11.1 Å². The Labute approximate surface area is 420 Å². The first-order valence-electron chi connectivity index (χ1n) is 22.0. The monoisotopic (exact) mass is 1000 g/mol. The number of nitriles is 2. The Kier molecular flexibility index (Phi) is 18.7. The lowest BCUT2D eigenvalue weighted by atomic mass is 9.92. The van der Waals surface area contributed by atoms with Crippen molar-refractivity contribution in [2.45, 2.75) is 65.7 Å². The van der Waals surface area contributed by atoms with Crippen molar-refractivity contribution in [1.29, 1.82) is 10.5 Å². The summed E-state index contributed by atoms with van der Waals surface area (Å²) >= 11 is 13.6. The van der Waals surface area contributed by atoms with Gasteiger partial charge in [-0.05, 0) is 89.9 Å². The molecule has 0 radical (unpaired) electrons. The average Bonchev–Trinajstić information content (AvgIpc) is 3.36. The highest BCUT2D eigenvalue weighted by Gasteiger charge is 2.28. The molecule has 0 saturated heterocycles. The van der Waals surface area contributed by atoms with E-state index in [0.29, 0.717) is 56.4 Å². The smallest absolute Gasteiger partial charge is 0.323 e. The summed E-state index contributed by atoms with van der Waals surface area (Å²) < 4.78 is 34.9. The van der Waals surface area contributed by atoms with Gasteiger partial charge in [0.1, 0.15) is 67.6 Å². The Balaban J connectivity index is 1.21. The number of aliphatic carboxylic acids is 2. The molecule has 0 bridgehead atoms. The molecule has 0 aliphatic heterocycles. The van der Waals surface area contributed by atoms with Gasteiger partial charge in [-0.1, -0.05) is 59.6 Å². The van der Waals surface area contributed by atoms with Gasteiger partial charge in [0.25, 0.3) is 0 Å². The first-order valence-corrected chi connectivity index (χ1v) is 22.8. The minimum Gasteiger partial charge on any atom is -0.488 e. The normalized spacial score (nSPS) is 11.7. The third kappa shape index (κ3) is 14.0. The van der Waals surface area contributed by atoms with Gasteiger partial charge in [-0.2, -0.15) is 10.5 Å². The van der Waals surface area contributed by atoms with Crippen LogP contribution in [0.4, 0.5) is 0 Å². The van der Waals surface area contributed by atoms with Crippen LogP contribution >= 0.6 is 23.2 Å². The fourth-order valence-corrected chi connectivity index (χ4v) is 8.01. The van der Waals surface area contributed by atoms with Crippen molar-refractivity contribution < 1.29 is 53.0 Å². The SMILES string of the molecule is COC[C@H](NCc1cc(Cl)c(OCc2cccc(-c3cccc(COc4cc(OCc5cncc(C#N)c5)c(CC[C@H](C(=O)O)C(=O)OC)cc4Cl)c3C)c2C)cc1OCc1cncc(C#N)c1)C(=O)O. The van der Waals surface area contributed by atoms with Crippen molar-refractivity contribution in [3.8, 4) is 46.3 Å². The van der Waals surface area contributed by atoms with E-state index in [1.165, 1.54) is 19.5 Å². The van der Waals surface area contributed by atoms with Crippen LogP contribution in [0.2, 0.25) is 10.0 Å². The molecule has 18 heteroatoms. The summed E-state index contributed by atoms with van der Waals surface area (Å²) in [6, 6.07) is 24.8. The lowest BCUT2D eigenvalue weighted by Crippen LogP contribution is -2.39. The predicted molar refractivity (Wildman–Crippen MR) is 261 cm³/mol. The molecule has 2 aromatic heterocycles. The van der Waals surface area contributed by atoms with E-state index < -0.39 is 29.9 Å². The van der Waals surface area contributed by atoms with Crippen molar-refractivity contribution in [3.05, 3.63) is 163 Å². The number of carbonyl (C=O) groups is 3. The Bertz CT molecular complexity index is 2990. The highest BCUT2D eigenvalue weighted by atomic mass is 35.5. The zero-order chi connectivity index (χ0) is 51.0. The number of esters is 1. The highest BCUT2D eigenvalue weighted by molar-refractivity contribution is 6.32. The van der Waals surface area contributed by atoms with Crippen LogP contribution in [0.1, 0.15) is 62.1 Å². The van der Waals surface area contributed by atoms with Gasteiger partial charge in [0.2, 0.25) is 0 Å². The summed E-state index contributed by atoms with van der Waals surface area (Å²) in [6.07, 6.45) is 6.07. The van der Waals surface area contributed by atoms with Crippen LogP contribution in [-0.4, -0.2) is 65.0 Å². The minimum atomic E-state index is -1.40. The van der Waals surface area contributed by atoms with E-state index in [1.54, 1.807) is 48.8 Å². The van der Waals surface area contributed by atoms with E-state index in [4.69, 9.17) is 51.6 Å². The second kappa shape index (κ2) is 25.2. The molecule has 16 nitrogen and oxygen atoms in total. The highest BCUT2D eigenvalue weighted by Crippen LogP contribution is 2.38. The summed E-state index contributed by atoms with van der Waals surface area (Å²) in [6.45, 7) is 4.37. The van der Waals surface area contributed by atoms with Crippen LogP contribution in [0.15, 0.2) is 97.6 Å². The predicted octanol–water partition coefficient (Wildman–Crippen LogP) is 9.12. The number of aryl methyl sites for hydroxylation is 1. The molecule has 2 heterocycles. The maximum Gasteiger partial charge on any atom is 0.323 e. The number of pyridine rings is 2. The first kappa shape index (κ1) is 52.6. The Morgan fingerprint density at radius 2 is 1.14 bits per heavy atom. The molecular formula is C53H49Cl2N5O11. The van der Waals surface area contributed by atoms with Crippen LogP contribution in [0.3, 0.4) is 0 Å². The van der Waals surface area contributed by atoms with E-state index in [2.05, 4.69) is 27.4 Å². The zero-order valence-electron chi connectivity index (χ0n) is 39.2. The van der Waals surface area contributed by atoms with Crippen molar-refractivity contribution in [3.63, 3.8) is 0 Å². The first-order chi connectivity index (χ1) is 34.2. The number of halogens is 2. The third-order valence-electron chi connectivity index (χ3n) is 11.5. The lowest BCUT2D eigenvalue weighted by Gasteiger charge is -2.19. The van der Waals surface area contributed by atoms with E-state index >= 15 is 0 Å². The number of carboxylic acids is 2. The van der Waals surface area contributed by atoms with Gasteiger partial charge in [0.15, 0.2) is 5.92 Å². The number of ether oxygens (including phenoxy) is 6. The number of hydrogen-bond acceptors (Lipinski definition) is 14. The molecule has 366 valence electrons. The maximum absolute atomic E-state index is 12.2. The van der Waals surface area contributed by atoms with Crippen LogP contribution in [0, 0.1) is 42.4 Å². The number of benzene rings is 4. The standard InChI is InChI=1S/C53H49Cl2N5O11/c1-31-38(28-70-49-17-47(68-26-35-13-33(19-56)21-58-23-35)37(15-44(49)54)11-12-43(51(61)62)53(65)67-4)7-5-9-41(31)42-10-6-8-39(32(42)2)29-71-50-18-48(69-27-36-14-34(20-57)22-59-24-36)40(16-45(50)55)25-60-46(30-66-3)52(63)64/h5-10,13-18,21-24,43,46,60H,11-12,25-30H2,1-4H3,(H,61,62)(H,63,64)/t43-,46+/m1/s1. The number of nitrogens with one attached hydrogen (secondary N) is 1. The molecule has 4 aromatic carbocycles. The number of carboxylic acid groups (broad SMARTS) is 2. The molecular weight excluding hydrogens is 954 g/mol. The molecule has 2 atom stereocenters. The maximum atomic E-state index is 12.2. The van der Waals surface area contributed by atoms with Gasteiger partial charge in [-0.25, -0.2) is 0 Å². The fourth-order valence-electron chi connectivity index (χ4n) is 7.53. The second-order valence-corrected chi connectivity index (χ2v) is 17.0. The average molecular weight is 1000 g/mol. The topological polar surface area (TPSA) is 232 Å². The molecule has 0 aliphatic carbocycles. The Morgan fingerprint density at radius 1 is 0.648 bits per heavy atom. The van der Waals surface area contributed by atoms with Crippen molar-refractivity contribution in [2.75, 3.05) is 20.8 Å². The molecule has 3 N–H and O–H groups in total. The van der Waals surface area contributed by atoms with E-state index in [9.17, 15) is 35.1 Å². The third-order valence-corrected chi connectivity index (χ3v) is 12.1. The van der Waals surface area contributed by atoms with E-state index in [0.717, 1.165) is 40.5 Å².